The van der Waals surface area contributed by atoms with Crippen molar-refractivity contribution < 1.29 is 8.94 Å². The van der Waals surface area contributed by atoms with Gasteiger partial charge in [-0.1, -0.05) is 5.16 Å². The predicted molar refractivity (Wildman–Crippen MR) is 57.8 cm³/mol. The first kappa shape index (κ1) is 10.9. The van der Waals surface area contributed by atoms with Crippen LogP contribution < -0.4 is 5.32 Å². The standard InChI is InChI=1S/C11H15N3O2/c1-7-4-10(14-16-7)5-12-6-11-13-8(2)9(3)15-11/h4,12H,5-6H2,1-3H3. The van der Waals surface area contributed by atoms with Gasteiger partial charge in [0, 0.05) is 12.6 Å². The number of aromatic nitrogens is 2. The maximum absolute atomic E-state index is 5.44. The molecule has 0 spiro atoms. The van der Waals surface area contributed by atoms with Gasteiger partial charge in [0.2, 0.25) is 5.89 Å². The van der Waals surface area contributed by atoms with E-state index in [2.05, 4.69) is 15.5 Å². The van der Waals surface area contributed by atoms with Crippen molar-refractivity contribution in [2.45, 2.75) is 33.9 Å². The van der Waals surface area contributed by atoms with Crippen molar-refractivity contribution >= 4 is 0 Å². The van der Waals surface area contributed by atoms with E-state index in [0.717, 1.165) is 22.9 Å². The van der Waals surface area contributed by atoms with E-state index in [1.165, 1.54) is 0 Å². The van der Waals surface area contributed by atoms with Crippen LogP contribution in [0.2, 0.25) is 0 Å². The first-order valence-corrected chi connectivity index (χ1v) is 5.21. The number of nitrogens with one attached hydrogen (secondary N) is 1. The summed E-state index contributed by atoms with van der Waals surface area (Å²) in [6.07, 6.45) is 0. The van der Waals surface area contributed by atoms with E-state index in [-0.39, 0.29) is 0 Å². The van der Waals surface area contributed by atoms with Gasteiger partial charge >= 0.3 is 0 Å². The van der Waals surface area contributed by atoms with E-state index in [0.29, 0.717) is 19.0 Å². The zero-order chi connectivity index (χ0) is 11.5. The van der Waals surface area contributed by atoms with Crippen molar-refractivity contribution in [1.29, 1.82) is 0 Å². The van der Waals surface area contributed by atoms with Gasteiger partial charge in [-0.3, -0.25) is 0 Å². The molecule has 0 aliphatic carbocycles. The van der Waals surface area contributed by atoms with Crippen LogP contribution in [-0.2, 0) is 13.1 Å². The van der Waals surface area contributed by atoms with Crippen LogP contribution in [0.3, 0.4) is 0 Å². The van der Waals surface area contributed by atoms with Gasteiger partial charge in [0.15, 0.2) is 0 Å². The second-order valence-corrected chi connectivity index (χ2v) is 3.78. The van der Waals surface area contributed by atoms with Gasteiger partial charge in [-0.25, -0.2) is 4.98 Å². The summed E-state index contributed by atoms with van der Waals surface area (Å²) in [5.74, 6) is 2.39. The highest BCUT2D eigenvalue weighted by Crippen LogP contribution is 2.08. The molecule has 2 rings (SSSR count). The van der Waals surface area contributed by atoms with Crippen LogP contribution in [-0.4, -0.2) is 10.1 Å². The Morgan fingerprint density at radius 1 is 1.25 bits per heavy atom. The molecule has 0 unspecified atom stereocenters. The minimum absolute atomic E-state index is 0.598. The van der Waals surface area contributed by atoms with E-state index in [4.69, 9.17) is 8.94 Å². The van der Waals surface area contributed by atoms with E-state index >= 15 is 0 Å². The molecule has 0 aromatic carbocycles. The van der Waals surface area contributed by atoms with Gasteiger partial charge in [-0.05, 0) is 20.8 Å². The van der Waals surface area contributed by atoms with Crippen molar-refractivity contribution in [3.05, 3.63) is 34.9 Å². The molecule has 2 aromatic heterocycles. The van der Waals surface area contributed by atoms with Crippen LogP contribution >= 0.6 is 0 Å². The maximum atomic E-state index is 5.44. The highest BCUT2D eigenvalue weighted by atomic mass is 16.5. The second kappa shape index (κ2) is 4.49. The van der Waals surface area contributed by atoms with Gasteiger partial charge in [-0.15, -0.1) is 0 Å². The summed E-state index contributed by atoms with van der Waals surface area (Å²) < 4.78 is 10.4. The predicted octanol–water partition coefficient (Wildman–Crippen LogP) is 1.88. The SMILES string of the molecule is Cc1cc(CNCc2nc(C)c(C)o2)no1. The Hall–Kier alpha value is -1.62. The Morgan fingerprint density at radius 3 is 2.62 bits per heavy atom. The van der Waals surface area contributed by atoms with Crippen LogP contribution in [0.4, 0.5) is 0 Å². The fourth-order valence-electron chi connectivity index (χ4n) is 1.41. The molecular formula is C11H15N3O2. The van der Waals surface area contributed by atoms with Crippen LogP contribution in [0, 0.1) is 20.8 Å². The van der Waals surface area contributed by atoms with Gasteiger partial charge < -0.3 is 14.3 Å². The topological polar surface area (TPSA) is 64.1 Å². The Balaban J connectivity index is 1.84. The lowest BCUT2D eigenvalue weighted by Gasteiger charge is -1.97. The lowest BCUT2D eigenvalue weighted by atomic mass is 10.4. The van der Waals surface area contributed by atoms with Crippen LogP contribution in [0.15, 0.2) is 15.0 Å². The zero-order valence-corrected chi connectivity index (χ0v) is 9.70. The lowest BCUT2D eigenvalue weighted by molar-refractivity contribution is 0.386. The molecule has 5 heteroatoms. The van der Waals surface area contributed by atoms with Crippen molar-refractivity contribution in [1.82, 2.24) is 15.5 Å². The molecule has 0 saturated carbocycles. The third-order valence-corrected chi connectivity index (χ3v) is 2.33. The molecule has 86 valence electrons. The third-order valence-electron chi connectivity index (χ3n) is 2.33. The smallest absolute Gasteiger partial charge is 0.208 e. The molecule has 0 saturated heterocycles. The van der Waals surface area contributed by atoms with Crippen molar-refractivity contribution in [3.63, 3.8) is 0 Å². The normalized spacial score (nSPS) is 10.9. The Labute approximate surface area is 93.8 Å². The molecule has 0 atom stereocenters. The average Bonchev–Trinajstić information content (AvgIpc) is 2.75. The summed E-state index contributed by atoms with van der Waals surface area (Å²) in [5, 5.41) is 7.07. The second-order valence-electron chi connectivity index (χ2n) is 3.78. The average molecular weight is 221 g/mol. The molecule has 5 nitrogen and oxygen atoms in total. The van der Waals surface area contributed by atoms with Gasteiger partial charge in [0.1, 0.15) is 11.5 Å². The van der Waals surface area contributed by atoms with E-state index in [9.17, 15) is 0 Å². The Kier molecular flexibility index (Phi) is 3.05. The number of nitrogens with zero attached hydrogens (tertiary/aromatic N) is 2. The first-order valence-electron chi connectivity index (χ1n) is 5.21. The third kappa shape index (κ3) is 2.49. The van der Waals surface area contributed by atoms with Crippen LogP contribution in [0.1, 0.15) is 28.8 Å². The summed E-state index contributed by atoms with van der Waals surface area (Å²) in [6.45, 7) is 6.96. The molecular weight excluding hydrogens is 206 g/mol. The molecule has 0 aliphatic rings. The van der Waals surface area contributed by atoms with Crippen molar-refractivity contribution in [2.24, 2.45) is 0 Å². The summed E-state index contributed by atoms with van der Waals surface area (Å²) in [7, 11) is 0. The highest BCUT2D eigenvalue weighted by molar-refractivity contribution is 5.06. The highest BCUT2D eigenvalue weighted by Gasteiger charge is 2.05. The number of hydrogen-bond donors (Lipinski definition) is 1. The molecule has 0 amide bonds. The van der Waals surface area contributed by atoms with Crippen molar-refractivity contribution in [2.75, 3.05) is 0 Å². The monoisotopic (exact) mass is 221 g/mol. The van der Waals surface area contributed by atoms with Gasteiger partial charge in [0.05, 0.1) is 17.9 Å². The fraction of sp³-hybridized carbons (Fsp3) is 0.455. The number of hydrogen-bond acceptors (Lipinski definition) is 5. The zero-order valence-electron chi connectivity index (χ0n) is 9.70. The molecule has 0 aliphatic heterocycles. The number of oxazole rings is 1. The molecule has 0 fully saturated rings. The Morgan fingerprint density at radius 2 is 2.06 bits per heavy atom. The molecule has 2 heterocycles. The van der Waals surface area contributed by atoms with E-state index in [1.807, 2.05) is 26.8 Å². The first-order chi connectivity index (χ1) is 7.65. The van der Waals surface area contributed by atoms with E-state index in [1.54, 1.807) is 0 Å². The van der Waals surface area contributed by atoms with Crippen LogP contribution in [0.25, 0.3) is 0 Å². The molecule has 16 heavy (non-hydrogen) atoms. The summed E-state index contributed by atoms with van der Waals surface area (Å²) >= 11 is 0. The molecule has 1 N–H and O–H groups in total. The quantitative estimate of drug-likeness (QED) is 0.853. The van der Waals surface area contributed by atoms with Crippen LogP contribution in [0.5, 0.6) is 0 Å². The summed E-state index contributed by atoms with van der Waals surface area (Å²) in [5.41, 5.74) is 1.83. The molecule has 0 bridgehead atoms. The maximum Gasteiger partial charge on any atom is 0.208 e. The molecule has 0 radical (unpaired) electrons. The van der Waals surface area contributed by atoms with Gasteiger partial charge in [0.25, 0.3) is 0 Å². The number of aryl methyl sites for hydroxylation is 3. The minimum atomic E-state index is 0.598. The van der Waals surface area contributed by atoms with Crippen molar-refractivity contribution in [3.8, 4) is 0 Å². The minimum Gasteiger partial charge on any atom is -0.444 e. The largest absolute Gasteiger partial charge is 0.444 e. The van der Waals surface area contributed by atoms with E-state index < -0.39 is 0 Å². The Bertz CT molecular complexity index is 454. The lowest BCUT2D eigenvalue weighted by Crippen LogP contribution is -2.13. The number of rotatable bonds is 4. The molecule has 2 aromatic rings. The summed E-state index contributed by atoms with van der Waals surface area (Å²) in [4.78, 5) is 4.27. The fourth-order valence-corrected chi connectivity index (χ4v) is 1.41. The summed E-state index contributed by atoms with van der Waals surface area (Å²) in [6, 6.07) is 1.90. The van der Waals surface area contributed by atoms with Gasteiger partial charge in [-0.2, -0.15) is 0 Å².